The molecular formula is C13H22N4O. The smallest absolute Gasteiger partial charge is 0.154 e. The van der Waals surface area contributed by atoms with Gasteiger partial charge in [0.05, 0.1) is 0 Å². The van der Waals surface area contributed by atoms with Crippen molar-refractivity contribution in [3.63, 3.8) is 0 Å². The highest BCUT2D eigenvalue weighted by atomic mass is 16.3. The van der Waals surface area contributed by atoms with Crippen LogP contribution in [0.25, 0.3) is 0 Å². The molecule has 0 radical (unpaired) electrons. The zero-order valence-electron chi connectivity index (χ0n) is 11.0. The Balaban J connectivity index is 1.73. The Morgan fingerprint density at radius 2 is 2.06 bits per heavy atom. The van der Waals surface area contributed by atoms with E-state index in [-0.39, 0.29) is 6.61 Å². The molecule has 1 saturated heterocycles. The molecular weight excluding hydrogens is 228 g/mol. The Kier molecular flexibility index (Phi) is 3.35. The third kappa shape index (κ3) is 2.29. The molecule has 1 N–H and O–H groups in total. The first-order valence-corrected chi connectivity index (χ1v) is 6.99. The molecule has 0 aromatic carbocycles. The average Bonchev–Trinajstić information content (AvgIpc) is 2.82. The van der Waals surface area contributed by atoms with Crippen molar-refractivity contribution in [3.05, 3.63) is 11.6 Å². The highest BCUT2D eigenvalue weighted by molar-refractivity contribution is 5.03. The van der Waals surface area contributed by atoms with Crippen LogP contribution >= 0.6 is 0 Å². The van der Waals surface area contributed by atoms with Gasteiger partial charge in [0.15, 0.2) is 5.82 Å². The number of hydrogen-bond donors (Lipinski definition) is 1. The first-order chi connectivity index (χ1) is 8.76. The summed E-state index contributed by atoms with van der Waals surface area (Å²) < 4.78 is 2.03. The van der Waals surface area contributed by atoms with Crippen molar-refractivity contribution in [2.45, 2.75) is 38.1 Å². The lowest BCUT2D eigenvalue weighted by atomic mass is 9.96. The second-order valence-corrected chi connectivity index (χ2v) is 5.73. The van der Waals surface area contributed by atoms with E-state index in [0.717, 1.165) is 44.1 Å². The molecule has 3 rings (SSSR count). The van der Waals surface area contributed by atoms with Gasteiger partial charge in [-0.1, -0.05) is 0 Å². The molecule has 100 valence electrons. The van der Waals surface area contributed by atoms with Crippen LogP contribution in [-0.2, 0) is 13.0 Å². The predicted octanol–water partition coefficient (Wildman–Crippen LogP) is 0.642. The number of aryl methyl sites for hydroxylation is 1. The summed E-state index contributed by atoms with van der Waals surface area (Å²) in [4.78, 5) is 7.09. The van der Waals surface area contributed by atoms with Gasteiger partial charge in [-0.05, 0) is 39.4 Å². The molecule has 0 spiro atoms. The lowest BCUT2D eigenvalue weighted by molar-refractivity contribution is 0.185. The predicted molar refractivity (Wildman–Crippen MR) is 68.4 cm³/mol. The summed E-state index contributed by atoms with van der Waals surface area (Å²) in [5, 5.41) is 13.9. The molecule has 5 heteroatoms. The molecule has 1 aromatic rings. The molecule has 18 heavy (non-hydrogen) atoms. The normalized spacial score (nSPS) is 26.2. The monoisotopic (exact) mass is 250 g/mol. The SMILES string of the molecule is CN1CCC(c2nc3n(n2)CC(CO)CC3)CC1. The maximum atomic E-state index is 9.23. The van der Waals surface area contributed by atoms with Crippen molar-refractivity contribution < 1.29 is 5.11 Å². The summed E-state index contributed by atoms with van der Waals surface area (Å²) in [6.45, 7) is 3.40. The fourth-order valence-electron chi connectivity index (χ4n) is 2.98. The Morgan fingerprint density at radius 1 is 1.28 bits per heavy atom. The van der Waals surface area contributed by atoms with Crippen molar-refractivity contribution in [3.8, 4) is 0 Å². The minimum Gasteiger partial charge on any atom is -0.396 e. The van der Waals surface area contributed by atoms with E-state index >= 15 is 0 Å². The van der Waals surface area contributed by atoms with E-state index in [0.29, 0.717) is 11.8 Å². The Bertz CT molecular complexity index is 409. The van der Waals surface area contributed by atoms with Crippen LogP contribution in [0.5, 0.6) is 0 Å². The van der Waals surface area contributed by atoms with E-state index in [2.05, 4.69) is 17.0 Å². The van der Waals surface area contributed by atoms with Gasteiger partial charge in [-0.25, -0.2) is 9.67 Å². The Morgan fingerprint density at radius 3 is 2.78 bits per heavy atom. The van der Waals surface area contributed by atoms with Crippen molar-refractivity contribution in [1.82, 2.24) is 19.7 Å². The van der Waals surface area contributed by atoms with Crippen LogP contribution in [0.1, 0.15) is 36.8 Å². The number of rotatable bonds is 2. The Hall–Kier alpha value is -0.940. The van der Waals surface area contributed by atoms with Crippen LogP contribution < -0.4 is 0 Å². The number of aliphatic hydroxyl groups excluding tert-OH is 1. The highest BCUT2D eigenvalue weighted by Crippen LogP contribution is 2.27. The number of nitrogens with zero attached hydrogens (tertiary/aromatic N) is 4. The van der Waals surface area contributed by atoms with Crippen molar-refractivity contribution in [2.75, 3.05) is 26.7 Å². The summed E-state index contributed by atoms with van der Waals surface area (Å²) >= 11 is 0. The third-order valence-corrected chi connectivity index (χ3v) is 4.31. The lowest BCUT2D eigenvalue weighted by Gasteiger charge is -2.27. The third-order valence-electron chi connectivity index (χ3n) is 4.31. The maximum absolute atomic E-state index is 9.23. The number of fused-ring (bicyclic) bond motifs is 1. The molecule has 3 heterocycles. The molecule has 0 bridgehead atoms. The second-order valence-electron chi connectivity index (χ2n) is 5.73. The number of hydrogen-bond acceptors (Lipinski definition) is 4. The quantitative estimate of drug-likeness (QED) is 0.837. The summed E-state index contributed by atoms with van der Waals surface area (Å²) in [5.74, 6) is 3.06. The molecule has 1 unspecified atom stereocenters. The fraction of sp³-hybridized carbons (Fsp3) is 0.846. The van der Waals surface area contributed by atoms with Crippen LogP contribution in [0.3, 0.4) is 0 Å². The topological polar surface area (TPSA) is 54.2 Å². The number of likely N-dealkylation sites (tertiary alicyclic amines) is 1. The summed E-state index contributed by atoms with van der Waals surface area (Å²) in [6, 6.07) is 0. The first kappa shape index (κ1) is 12.1. The summed E-state index contributed by atoms with van der Waals surface area (Å²) in [5.41, 5.74) is 0. The highest BCUT2D eigenvalue weighted by Gasteiger charge is 2.26. The molecule has 0 amide bonds. The van der Waals surface area contributed by atoms with Gasteiger partial charge in [-0.2, -0.15) is 5.10 Å². The second kappa shape index (κ2) is 4.97. The van der Waals surface area contributed by atoms with Gasteiger partial charge in [0.2, 0.25) is 0 Å². The van der Waals surface area contributed by atoms with Crippen LogP contribution in [0.15, 0.2) is 0 Å². The number of piperidine rings is 1. The van der Waals surface area contributed by atoms with Crippen LogP contribution in [0, 0.1) is 5.92 Å². The van der Waals surface area contributed by atoms with E-state index in [1.165, 1.54) is 12.8 Å². The number of aliphatic hydroxyl groups is 1. The van der Waals surface area contributed by atoms with Crippen molar-refractivity contribution in [1.29, 1.82) is 0 Å². The molecule has 1 atom stereocenters. The standard InChI is InChI=1S/C13H22N4O/c1-16-6-4-11(5-7-16)13-14-12-3-2-10(9-18)8-17(12)15-13/h10-11,18H,2-9H2,1H3. The van der Waals surface area contributed by atoms with Crippen LogP contribution in [0.2, 0.25) is 0 Å². The average molecular weight is 250 g/mol. The molecule has 1 fully saturated rings. The van der Waals surface area contributed by atoms with E-state index in [1.807, 2.05) is 4.68 Å². The molecule has 0 saturated carbocycles. The zero-order chi connectivity index (χ0) is 12.5. The van der Waals surface area contributed by atoms with Crippen LogP contribution in [0.4, 0.5) is 0 Å². The zero-order valence-corrected chi connectivity index (χ0v) is 11.0. The van der Waals surface area contributed by atoms with E-state index in [4.69, 9.17) is 4.98 Å². The molecule has 2 aliphatic rings. The largest absolute Gasteiger partial charge is 0.396 e. The van der Waals surface area contributed by atoms with Gasteiger partial charge in [-0.15, -0.1) is 0 Å². The lowest BCUT2D eigenvalue weighted by Crippen LogP contribution is -2.29. The number of aromatic nitrogens is 3. The van der Waals surface area contributed by atoms with E-state index in [9.17, 15) is 5.11 Å². The fourth-order valence-corrected chi connectivity index (χ4v) is 2.98. The minimum atomic E-state index is 0.267. The molecule has 5 nitrogen and oxygen atoms in total. The van der Waals surface area contributed by atoms with E-state index in [1.54, 1.807) is 0 Å². The van der Waals surface area contributed by atoms with Crippen LogP contribution in [-0.4, -0.2) is 51.5 Å². The molecule has 2 aliphatic heterocycles. The van der Waals surface area contributed by atoms with Gasteiger partial charge < -0.3 is 10.0 Å². The van der Waals surface area contributed by atoms with E-state index < -0.39 is 0 Å². The van der Waals surface area contributed by atoms with Gasteiger partial charge in [0, 0.05) is 31.4 Å². The summed E-state index contributed by atoms with van der Waals surface area (Å²) in [6.07, 6.45) is 4.35. The summed E-state index contributed by atoms with van der Waals surface area (Å²) in [7, 11) is 2.17. The molecule has 0 aliphatic carbocycles. The molecule has 1 aromatic heterocycles. The minimum absolute atomic E-state index is 0.267. The van der Waals surface area contributed by atoms with Gasteiger partial charge >= 0.3 is 0 Å². The van der Waals surface area contributed by atoms with Gasteiger partial charge in [-0.3, -0.25) is 0 Å². The van der Waals surface area contributed by atoms with Gasteiger partial charge in [0.25, 0.3) is 0 Å². The van der Waals surface area contributed by atoms with Gasteiger partial charge in [0.1, 0.15) is 5.82 Å². The van der Waals surface area contributed by atoms with Crippen molar-refractivity contribution in [2.24, 2.45) is 5.92 Å². The first-order valence-electron chi connectivity index (χ1n) is 6.99. The Labute approximate surface area is 108 Å². The van der Waals surface area contributed by atoms with Crippen molar-refractivity contribution >= 4 is 0 Å². The maximum Gasteiger partial charge on any atom is 0.154 e.